The van der Waals surface area contributed by atoms with Crippen LogP contribution in [-0.4, -0.2) is 5.91 Å². The summed E-state index contributed by atoms with van der Waals surface area (Å²) in [5, 5.41) is 2.63. The number of amides is 1. The highest BCUT2D eigenvalue weighted by Gasteiger charge is 2.17. The van der Waals surface area contributed by atoms with Crippen molar-refractivity contribution in [3.05, 3.63) is 63.1 Å². The molecule has 0 aliphatic rings. The van der Waals surface area contributed by atoms with E-state index in [1.165, 1.54) is 12.1 Å². The van der Waals surface area contributed by atoms with Crippen LogP contribution < -0.4 is 5.32 Å². The Labute approximate surface area is 121 Å². The largest absolute Gasteiger partial charge is 0.320 e. The summed E-state index contributed by atoms with van der Waals surface area (Å²) in [6.07, 6.45) is 0. The maximum atomic E-state index is 13.4. The smallest absolute Gasteiger partial charge is 0.261 e. The SMILES string of the molecule is O=C(Nc1ccc(Br)cc1Cl)c1c(F)cccc1F. The van der Waals surface area contributed by atoms with Crippen LogP contribution in [0.25, 0.3) is 0 Å². The highest BCUT2D eigenvalue weighted by atomic mass is 79.9. The zero-order chi connectivity index (χ0) is 14.0. The van der Waals surface area contributed by atoms with Crippen molar-refractivity contribution in [2.45, 2.75) is 0 Å². The zero-order valence-electron chi connectivity index (χ0n) is 9.38. The molecule has 0 spiro atoms. The molecule has 0 aliphatic heterocycles. The Balaban J connectivity index is 2.31. The fourth-order valence-electron chi connectivity index (χ4n) is 1.49. The maximum absolute atomic E-state index is 13.4. The minimum absolute atomic E-state index is 0.263. The molecule has 0 atom stereocenters. The highest BCUT2D eigenvalue weighted by Crippen LogP contribution is 2.26. The third-order valence-corrected chi connectivity index (χ3v) is 3.18. The van der Waals surface area contributed by atoms with E-state index in [4.69, 9.17) is 11.6 Å². The van der Waals surface area contributed by atoms with Crippen LogP contribution >= 0.6 is 27.5 Å². The lowest BCUT2D eigenvalue weighted by atomic mass is 10.2. The molecule has 1 N–H and O–H groups in total. The van der Waals surface area contributed by atoms with Crippen LogP contribution in [0.15, 0.2) is 40.9 Å². The standard InChI is InChI=1S/C13H7BrClF2NO/c14-7-4-5-11(8(15)6-7)18-13(19)12-9(16)2-1-3-10(12)17/h1-6H,(H,18,19). The van der Waals surface area contributed by atoms with Crippen molar-refractivity contribution < 1.29 is 13.6 Å². The lowest BCUT2D eigenvalue weighted by Crippen LogP contribution is -2.16. The van der Waals surface area contributed by atoms with Gasteiger partial charge in [0.1, 0.15) is 17.2 Å². The summed E-state index contributed by atoms with van der Waals surface area (Å²) in [5.41, 5.74) is -0.362. The van der Waals surface area contributed by atoms with E-state index in [0.29, 0.717) is 0 Å². The number of anilines is 1. The molecule has 0 bridgehead atoms. The summed E-state index contributed by atoms with van der Waals surface area (Å²) in [5.74, 6) is -2.74. The van der Waals surface area contributed by atoms with Crippen LogP contribution in [0.5, 0.6) is 0 Å². The van der Waals surface area contributed by atoms with Crippen LogP contribution in [0.2, 0.25) is 5.02 Å². The predicted octanol–water partition coefficient (Wildman–Crippen LogP) is 4.63. The molecule has 0 aromatic heterocycles. The van der Waals surface area contributed by atoms with Crippen molar-refractivity contribution in [2.24, 2.45) is 0 Å². The monoisotopic (exact) mass is 345 g/mol. The van der Waals surface area contributed by atoms with Gasteiger partial charge in [-0.1, -0.05) is 33.6 Å². The van der Waals surface area contributed by atoms with Gasteiger partial charge < -0.3 is 5.32 Å². The Morgan fingerprint density at radius 2 is 1.79 bits per heavy atom. The zero-order valence-corrected chi connectivity index (χ0v) is 11.7. The van der Waals surface area contributed by atoms with Gasteiger partial charge in [0.2, 0.25) is 0 Å². The molecule has 98 valence electrons. The Hall–Kier alpha value is -1.46. The van der Waals surface area contributed by atoms with Gasteiger partial charge in [0.05, 0.1) is 10.7 Å². The molecule has 0 aliphatic carbocycles. The first-order chi connectivity index (χ1) is 8.99. The van der Waals surface area contributed by atoms with E-state index in [2.05, 4.69) is 21.2 Å². The first-order valence-corrected chi connectivity index (χ1v) is 6.36. The molecule has 2 rings (SSSR count). The van der Waals surface area contributed by atoms with Gasteiger partial charge in [0.25, 0.3) is 5.91 Å². The number of carbonyl (C=O) groups excluding carboxylic acids is 1. The predicted molar refractivity (Wildman–Crippen MR) is 73.5 cm³/mol. The molecule has 0 saturated heterocycles. The average Bonchev–Trinajstić information content (AvgIpc) is 2.32. The maximum Gasteiger partial charge on any atom is 0.261 e. The molecule has 2 aromatic rings. The molecule has 0 fully saturated rings. The van der Waals surface area contributed by atoms with Crippen LogP contribution in [-0.2, 0) is 0 Å². The van der Waals surface area contributed by atoms with Crippen LogP contribution in [0, 0.1) is 11.6 Å². The Kier molecular flexibility index (Phi) is 4.17. The third-order valence-electron chi connectivity index (χ3n) is 2.37. The number of halogens is 4. The van der Waals surface area contributed by atoms with Gasteiger partial charge in [0.15, 0.2) is 0 Å². The summed E-state index contributed by atoms with van der Waals surface area (Å²) < 4.78 is 27.6. The highest BCUT2D eigenvalue weighted by molar-refractivity contribution is 9.10. The fraction of sp³-hybridized carbons (Fsp3) is 0. The van der Waals surface area contributed by atoms with Gasteiger partial charge in [-0.3, -0.25) is 4.79 Å². The number of rotatable bonds is 2. The molecule has 6 heteroatoms. The summed E-state index contributed by atoms with van der Waals surface area (Å²) in [4.78, 5) is 11.8. The van der Waals surface area contributed by atoms with Crippen molar-refractivity contribution in [2.75, 3.05) is 5.32 Å². The van der Waals surface area contributed by atoms with Crippen molar-refractivity contribution >= 4 is 39.1 Å². The molecule has 2 nitrogen and oxygen atoms in total. The number of benzene rings is 2. The van der Waals surface area contributed by atoms with Crippen molar-refractivity contribution in [3.63, 3.8) is 0 Å². The number of nitrogens with one attached hydrogen (secondary N) is 1. The molecule has 0 unspecified atom stereocenters. The van der Waals surface area contributed by atoms with Gasteiger partial charge in [0, 0.05) is 4.47 Å². The van der Waals surface area contributed by atoms with Crippen molar-refractivity contribution in [1.82, 2.24) is 0 Å². The second-order valence-electron chi connectivity index (χ2n) is 3.67. The van der Waals surface area contributed by atoms with Gasteiger partial charge in [-0.15, -0.1) is 0 Å². The van der Waals surface area contributed by atoms with Crippen molar-refractivity contribution in [3.8, 4) is 0 Å². The minimum atomic E-state index is -0.925. The normalized spacial score (nSPS) is 10.3. The first kappa shape index (κ1) is 14.0. The second kappa shape index (κ2) is 5.67. The van der Waals surface area contributed by atoms with E-state index < -0.39 is 23.1 Å². The van der Waals surface area contributed by atoms with E-state index in [-0.39, 0.29) is 10.7 Å². The number of carbonyl (C=O) groups is 1. The van der Waals surface area contributed by atoms with E-state index in [0.717, 1.165) is 16.6 Å². The van der Waals surface area contributed by atoms with E-state index in [1.54, 1.807) is 12.1 Å². The van der Waals surface area contributed by atoms with Crippen molar-refractivity contribution in [1.29, 1.82) is 0 Å². The molecule has 19 heavy (non-hydrogen) atoms. The summed E-state index contributed by atoms with van der Waals surface area (Å²) in [6.45, 7) is 0. The quantitative estimate of drug-likeness (QED) is 0.844. The second-order valence-corrected chi connectivity index (χ2v) is 5.00. The molecule has 1 amide bonds. The molecule has 0 radical (unpaired) electrons. The van der Waals surface area contributed by atoms with E-state index in [9.17, 15) is 13.6 Å². The van der Waals surface area contributed by atoms with E-state index >= 15 is 0 Å². The molecule has 0 heterocycles. The Bertz CT molecular complexity index is 628. The lowest BCUT2D eigenvalue weighted by Gasteiger charge is -2.08. The van der Waals surface area contributed by atoms with Gasteiger partial charge >= 0.3 is 0 Å². The first-order valence-electron chi connectivity index (χ1n) is 5.19. The number of hydrogen-bond acceptors (Lipinski definition) is 1. The van der Waals surface area contributed by atoms with Gasteiger partial charge in [-0.05, 0) is 30.3 Å². The molecule has 2 aromatic carbocycles. The van der Waals surface area contributed by atoms with Crippen LogP contribution in [0.4, 0.5) is 14.5 Å². The van der Waals surface area contributed by atoms with Gasteiger partial charge in [-0.25, -0.2) is 8.78 Å². The van der Waals surface area contributed by atoms with Crippen LogP contribution in [0.3, 0.4) is 0 Å². The number of hydrogen-bond donors (Lipinski definition) is 1. The topological polar surface area (TPSA) is 29.1 Å². The van der Waals surface area contributed by atoms with Crippen LogP contribution in [0.1, 0.15) is 10.4 Å². The molecule has 0 saturated carbocycles. The Morgan fingerprint density at radius 1 is 1.16 bits per heavy atom. The summed E-state index contributed by atoms with van der Waals surface area (Å²) in [7, 11) is 0. The van der Waals surface area contributed by atoms with Gasteiger partial charge in [-0.2, -0.15) is 0 Å². The third kappa shape index (κ3) is 3.11. The molecular formula is C13H7BrClF2NO. The lowest BCUT2D eigenvalue weighted by molar-refractivity contribution is 0.101. The fourth-order valence-corrected chi connectivity index (χ4v) is 2.21. The molecular weight excluding hydrogens is 340 g/mol. The average molecular weight is 347 g/mol. The minimum Gasteiger partial charge on any atom is -0.320 e. The summed E-state index contributed by atoms with van der Waals surface area (Å²) >= 11 is 9.12. The Morgan fingerprint density at radius 3 is 2.37 bits per heavy atom. The summed E-state index contributed by atoms with van der Waals surface area (Å²) in [6, 6.07) is 7.97. The van der Waals surface area contributed by atoms with E-state index in [1.807, 2.05) is 0 Å².